The first-order valence-electron chi connectivity index (χ1n) is 8.19. The minimum Gasteiger partial charge on any atom is -0.339 e. The fourth-order valence-corrected chi connectivity index (χ4v) is 4.31. The van der Waals surface area contributed by atoms with Crippen LogP contribution in [0, 0.1) is 17.8 Å². The largest absolute Gasteiger partial charge is 0.339 e. The summed E-state index contributed by atoms with van der Waals surface area (Å²) in [5.74, 6) is 1.31. The second-order valence-corrected chi connectivity index (χ2v) is 6.58. The van der Waals surface area contributed by atoms with Crippen molar-refractivity contribution >= 4 is 24.3 Å². The van der Waals surface area contributed by atoms with Crippen LogP contribution in [0.1, 0.15) is 26.2 Å². The maximum atomic E-state index is 12.7. The van der Waals surface area contributed by atoms with E-state index in [1.807, 2.05) is 11.8 Å². The molecule has 0 aromatic heterocycles. The van der Waals surface area contributed by atoms with Gasteiger partial charge >= 0.3 is 6.03 Å². The number of fused-ring (bicyclic) bond motifs is 2. The van der Waals surface area contributed by atoms with Crippen LogP contribution in [0.15, 0.2) is 0 Å². The number of carbonyl (C=O) groups excluding carboxylic acids is 2. The van der Waals surface area contributed by atoms with Crippen LogP contribution >= 0.6 is 12.4 Å². The van der Waals surface area contributed by atoms with Gasteiger partial charge in [0.2, 0.25) is 5.91 Å². The van der Waals surface area contributed by atoms with Gasteiger partial charge in [0.15, 0.2) is 0 Å². The first-order valence-corrected chi connectivity index (χ1v) is 8.19. The molecule has 3 rings (SSSR count). The number of piperazine rings is 1. The molecule has 1 heterocycles. The molecule has 1 aliphatic heterocycles. The Morgan fingerprint density at radius 3 is 2.23 bits per heavy atom. The molecular formula is C15H27ClN4O2. The molecule has 3 aliphatic rings. The molecule has 4 atom stereocenters. The Balaban J connectivity index is 0.00000176. The number of carbonyl (C=O) groups is 2. The highest BCUT2D eigenvalue weighted by Crippen LogP contribution is 2.48. The number of halogens is 1. The maximum Gasteiger partial charge on any atom is 0.317 e. The lowest BCUT2D eigenvalue weighted by Gasteiger charge is -2.38. The molecule has 2 bridgehead atoms. The van der Waals surface area contributed by atoms with Gasteiger partial charge in [-0.2, -0.15) is 0 Å². The molecule has 22 heavy (non-hydrogen) atoms. The predicted octanol–water partition coefficient (Wildman–Crippen LogP) is 0.655. The van der Waals surface area contributed by atoms with Crippen LogP contribution in [0.25, 0.3) is 0 Å². The zero-order valence-electron chi connectivity index (χ0n) is 13.2. The van der Waals surface area contributed by atoms with E-state index < -0.39 is 0 Å². The van der Waals surface area contributed by atoms with E-state index in [0.717, 1.165) is 12.8 Å². The molecule has 3 N–H and O–H groups in total. The molecule has 4 unspecified atom stereocenters. The number of hydrogen-bond donors (Lipinski definition) is 2. The van der Waals surface area contributed by atoms with Crippen molar-refractivity contribution in [2.24, 2.45) is 23.5 Å². The summed E-state index contributed by atoms with van der Waals surface area (Å²) in [6.07, 6.45) is 3.49. The number of rotatable bonds is 2. The summed E-state index contributed by atoms with van der Waals surface area (Å²) >= 11 is 0. The van der Waals surface area contributed by atoms with Crippen LogP contribution in [0.3, 0.4) is 0 Å². The number of nitrogens with one attached hydrogen (secondary N) is 1. The number of urea groups is 1. The number of nitrogens with zero attached hydrogens (tertiary/aromatic N) is 2. The zero-order chi connectivity index (χ0) is 15.0. The van der Waals surface area contributed by atoms with Crippen LogP contribution < -0.4 is 11.1 Å². The third-order valence-electron chi connectivity index (χ3n) is 5.47. The third kappa shape index (κ3) is 3.04. The highest BCUT2D eigenvalue weighted by Gasteiger charge is 2.50. The highest BCUT2D eigenvalue weighted by molar-refractivity contribution is 5.85. The second-order valence-electron chi connectivity index (χ2n) is 6.58. The molecule has 3 amide bonds. The lowest BCUT2D eigenvalue weighted by molar-refractivity contribution is -0.139. The van der Waals surface area contributed by atoms with E-state index in [1.165, 1.54) is 6.42 Å². The van der Waals surface area contributed by atoms with Gasteiger partial charge in [-0.1, -0.05) is 0 Å². The van der Waals surface area contributed by atoms with Crippen LogP contribution in [0.2, 0.25) is 0 Å². The number of hydrogen-bond acceptors (Lipinski definition) is 3. The lowest BCUT2D eigenvalue weighted by Crippen LogP contribution is -2.56. The highest BCUT2D eigenvalue weighted by atomic mass is 35.5. The van der Waals surface area contributed by atoms with E-state index in [1.54, 1.807) is 4.90 Å². The minimum atomic E-state index is -0.0266. The summed E-state index contributed by atoms with van der Waals surface area (Å²) in [6, 6.07) is 0.0268. The van der Waals surface area contributed by atoms with Crippen molar-refractivity contribution in [2.75, 3.05) is 32.7 Å². The van der Waals surface area contributed by atoms with Gasteiger partial charge < -0.3 is 20.9 Å². The van der Waals surface area contributed by atoms with Gasteiger partial charge in [0.25, 0.3) is 0 Å². The van der Waals surface area contributed by atoms with E-state index in [9.17, 15) is 9.59 Å². The molecule has 0 radical (unpaired) electrons. The normalized spacial score (nSPS) is 33.5. The molecule has 0 aromatic rings. The van der Waals surface area contributed by atoms with E-state index in [-0.39, 0.29) is 36.3 Å². The first-order chi connectivity index (χ1) is 10.1. The molecule has 0 aromatic carbocycles. The second kappa shape index (κ2) is 7.04. The smallest absolute Gasteiger partial charge is 0.317 e. The van der Waals surface area contributed by atoms with Gasteiger partial charge in [-0.15, -0.1) is 12.4 Å². The van der Waals surface area contributed by atoms with E-state index in [0.29, 0.717) is 44.6 Å². The summed E-state index contributed by atoms with van der Waals surface area (Å²) in [4.78, 5) is 28.2. The molecule has 2 saturated carbocycles. The molecule has 126 valence electrons. The maximum absolute atomic E-state index is 12.7. The minimum absolute atomic E-state index is 0. The Kier molecular flexibility index (Phi) is 5.55. The van der Waals surface area contributed by atoms with Gasteiger partial charge in [-0.25, -0.2) is 4.79 Å². The van der Waals surface area contributed by atoms with Gasteiger partial charge in [-0.05, 0) is 38.0 Å². The SMILES string of the molecule is CCNC(=O)N1CCN(C(=O)C2C3CCC(C3)C2N)CC1.Cl. The van der Waals surface area contributed by atoms with E-state index in [2.05, 4.69) is 5.32 Å². The van der Waals surface area contributed by atoms with Crippen molar-refractivity contribution in [3.63, 3.8) is 0 Å². The fourth-order valence-electron chi connectivity index (χ4n) is 4.31. The van der Waals surface area contributed by atoms with Crippen molar-refractivity contribution in [3.8, 4) is 0 Å². The zero-order valence-corrected chi connectivity index (χ0v) is 14.0. The fraction of sp³-hybridized carbons (Fsp3) is 0.867. The topological polar surface area (TPSA) is 78.7 Å². The summed E-state index contributed by atoms with van der Waals surface area (Å²) < 4.78 is 0. The molecule has 6 nitrogen and oxygen atoms in total. The first kappa shape index (κ1) is 17.3. The van der Waals surface area contributed by atoms with Crippen LogP contribution in [0.5, 0.6) is 0 Å². The van der Waals surface area contributed by atoms with Crippen LogP contribution in [0.4, 0.5) is 4.79 Å². The van der Waals surface area contributed by atoms with Gasteiger partial charge in [0.05, 0.1) is 5.92 Å². The summed E-state index contributed by atoms with van der Waals surface area (Å²) in [6.45, 7) is 5.06. The standard InChI is InChI=1S/C15H26N4O2.ClH/c1-2-17-15(21)19-7-5-18(6-8-19)14(20)12-10-3-4-11(9-10)13(12)16;/h10-13H,2-9,16H2,1H3,(H,17,21);1H. The number of nitrogens with two attached hydrogens (primary N) is 1. The van der Waals surface area contributed by atoms with Crippen molar-refractivity contribution in [1.82, 2.24) is 15.1 Å². The van der Waals surface area contributed by atoms with Gasteiger partial charge in [0.1, 0.15) is 0 Å². The third-order valence-corrected chi connectivity index (χ3v) is 5.47. The van der Waals surface area contributed by atoms with Crippen LogP contribution in [-0.2, 0) is 4.79 Å². The molecule has 3 fully saturated rings. The predicted molar refractivity (Wildman–Crippen MR) is 86.8 cm³/mol. The monoisotopic (exact) mass is 330 g/mol. The molecule has 7 heteroatoms. The Hall–Kier alpha value is -1.01. The summed E-state index contributed by atoms with van der Waals surface area (Å²) in [5.41, 5.74) is 6.26. The average Bonchev–Trinajstić information content (AvgIpc) is 3.08. The Morgan fingerprint density at radius 1 is 1.09 bits per heavy atom. The van der Waals surface area contributed by atoms with Crippen molar-refractivity contribution in [1.29, 1.82) is 0 Å². The molecular weight excluding hydrogens is 304 g/mol. The van der Waals surface area contributed by atoms with Crippen molar-refractivity contribution in [2.45, 2.75) is 32.2 Å². The van der Waals surface area contributed by atoms with Gasteiger partial charge in [0, 0.05) is 38.8 Å². The molecule has 1 saturated heterocycles. The van der Waals surface area contributed by atoms with Crippen molar-refractivity contribution < 1.29 is 9.59 Å². The van der Waals surface area contributed by atoms with Gasteiger partial charge in [-0.3, -0.25) is 4.79 Å². The molecule has 0 spiro atoms. The molecule has 2 aliphatic carbocycles. The average molecular weight is 331 g/mol. The Bertz CT molecular complexity index is 424. The quantitative estimate of drug-likeness (QED) is 0.780. The van der Waals surface area contributed by atoms with E-state index in [4.69, 9.17) is 5.73 Å². The Morgan fingerprint density at radius 2 is 1.68 bits per heavy atom. The number of amides is 3. The van der Waals surface area contributed by atoms with Crippen LogP contribution in [-0.4, -0.2) is 60.5 Å². The van der Waals surface area contributed by atoms with Crippen molar-refractivity contribution in [3.05, 3.63) is 0 Å². The lowest BCUT2D eigenvalue weighted by atomic mass is 9.84. The summed E-state index contributed by atoms with van der Waals surface area (Å²) in [5, 5.41) is 2.81. The van der Waals surface area contributed by atoms with E-state index >= 15 is 0 Å². The summed E-state index contributed by atoms with van der Waals surface area (Å²) in [7, 11) is 0. The Labute approximate surface area is 138 Å².